The van der Waals surface area contributed by atoms with Crippen molar-refractivity contribution in [2.24, 2.45) is 0 Å². The first kappa shape index (κ1) is 20.1. The number of carbonyl (C=O) groups is 1. The van der Waals surface area contributed by atoms with Gasteiger partial charge in [-0.2, -0.15) is 0 Å². The maximum Gasteiger partial charge on any atom is 0.234 e. The summed E-state index contributed by atoms with van der Waals surface area (Å²) in [5.74, 6) is 3.09. The Bertz CT molecular complexity index is 836. The summed E-state index contributed by atoms with van der Waals surface area (Å²) < 4.78 is 11.2. The van der Waals surface area contributed by atoms with Crippen LogP contribution in [0.5, 0.6) is 17.2 Å². The third-order valence-electron chi connectivity index (χ3n) is 5.71. The molecule has 0 saturated carbocycles. The second-order valence-corrected chi connectivity index (χ2v) is 8.68. The molecule has 0 radical (unpaired) electrons. The van der Waals surface area contributed by atoms with E-state index in [0.29, 0.717) is 11.8 Å². The summed E-state index contributed by atoms with van der Waals surface area (Å²) in [5, 5.41) is 3.63. The van der Waals surface area contributed by atoms with E-state index in [-0.39, 0.29) is 17.3 Å². The van der Waals surface area contributed by atoms with Gasteiger partial charge in [0.2, 0.25) is 5.91 Å². The molecule has 3 atom stereocenters. The number of benzene rings is 2. The van der Waals surface area contributed by atoms with Crippen LogP contribution in [0.3, 0.4) is 0 Å². The molecule has 2 aliphatic rings. The van der Waals surface area contributed by atoms with Crippen LogP contribution in [-0.4, -0.2) is 42.3 Å². The van der Waals surface area contributed by atoms with E-state index in [1.54, 1.807) is 18.9 Å². The van der Waals surface area contributed by atoms with Crippen molar-refractivity contribution in [3.63, 3.8) is 0 Å². The number of rotatable bonds is 6. The summed E-state index contributed by atoms with van der Waals surface area (Å²) >= 11 is 1.70. The molecule has 2 heterocycles. The summed E-state index contributed by atoms with van der Waals surface area (Å²) in [6.07, 6.45) is 3.58. The van der Waals surface area contributed by atoms with Gasteiger partial charge in [0.25, 0.3) is 0 Å². The number of hydrogen-bond acceptors (Lipinski definition) is 5. The zero-order valence-electron chi connectivity index (χ0n) is 17.0. The number of nitrogens with zero attached hydrogens (tertiary/aromatic N) is 1. The lowest BCUT2D eigenvalue weighted by atomic mass is 9.97. The van der Waals surface area contributed by atoms with Gasteiger partial charge in [-0.25, -0.2) is 0 Å². The Morgan fingerprint density at radius 1 is 1.10 bits per heavy atom. The van der Waals surface area contributed by atoms with Gasteiger partial charge in [0.15, 0.2) is 0 Å². The van der Waals surface area contributed by atoms with E-state index in [1.807, 2.05) is 36.4 Å². The molecule has 2 aliphatic heterocycles. The summed E-state index contributed by atoms with van der Waals surface area (Å²) in [6, 6.07) is 16.2. The third kappa shape index (κ3) is 4.54. The van der Waals surface area contributed by atoms with Crippen molar-refractivity contribution in [3.05, 3.63) is 54.1 Å². The van der Waals surface area contributed by atoms with Crippen molar-refractivity contribution in [1.29, 1.82) is 0 Å². The van der Waals surface area contributed by atoms with Crippen molar-refractivity contribution >= 4 is 17.7 Å². The molecule has 2 fully saturated rings. The number of carbonyl (C=O) groups excluding carboxylic acids is 1. The molecule has 2 aromatic carbocycles. The van der Waals surface area contributed by atoms with Crippen molar-refractivity contribution < 1.29 is 14.3 Å². The molecule has 0 spiro atoms. The number of methoxy groups -OCH3 is 1. The molecule has 2 saturated heterocycles. The number of hydrogen-bond donors (Lipinski definition) is 1. The highest BCUT2D eigenvalue weighted by atomic mass is 32.2. The van der Waals surface area contributed by atoms with Crippen molar-refractivity contribution in [2.45, 2.75) is 43.6 Å². The highest BCUT2D eigenvalue weighted by molar-refractivity contribution is 8.00. The molecule has 1 amide bonds. The van der Waals surface area contributed by atoms with Crippen LogP contribution in [0.1, 0.15) is 37.1 Å². The number of piperidine rings is 1. The number of thioether (sulfide) groups is 1. The average molecular weight is 413 g/mol. The van der Waals surface area contributed by atoms with Crippen molar-refractivity contribution in [3.8, 4) is 17.2 Å². The molecule has 0 aliphatic carbocycles. The summed E-state index contributed by atoms with van der Waals surface area (Å²) in [4.78, 5) is 14.8. The third-order valence-corrected chi connectivity index (χ3v) is 6.94. The van der Waals surface area contributed by atoms with E-state index in [2.05, 4.69) is 29.3 Å². The van der Waals surface area contributed by atoms with E-state index in [1.165, 1.54) is 12.8 Å². The average Bonchev–Trinajstić information content (AvgIpc) is 3.16. The quantitative estimate of drug-likeness (QED) is 0.752. The fraction of sp³-hybridized carbons (Fsp3) is 0.435. The fourth-order valence-corrected chi connectivity index (χ4v) is 5.39. The van der Waals surface area contributed by atoms with Crippen LogP contribution in [0, 0.1) is 0 Å². The highest BCUT2D eigenvalue weighted by Crippen LogP contribution is 2.42. The Morgan fingerprint density at radius 3 is 2.62 bits per heavy atom. The molecule has 0 aromatic heterocycles. The van der Waals surface area contributed by atoms with E-state index in [4.69, 9.17) is 9.47 Å². The van der Waals surface area contributed by atoms with Crippen LogP contribution in [0.15, 0.2) is 48.5 Å². The first-order valence-corrected chi connectivity index (χ1v) is 11.3. The minimum Gasteiger partial charge on any atom is -0.497 e. The van der Waals surface area contributed by atoms with Gasteiger partial charge in [-0.3, -0.25) is 4.79 Å². The van der Waals surface area contributed by atoms with Crippen LogP contribution in [-0.2, 0) is 4.79 Å². The molecule has 154 valence electrons. The van der Waals surface area contributed by atoms with Gasteiger partial charge in [-0.05, 0) is 68.3 Å². The Kier molecular flexibility index (Phi) is 6.31. The molecule has 3 unspecified atom stereocenters. The monoisotopic (exact) mass is 412 g/mol. The summed E-state index contributed by atoms with van der Waals surface area (Å²) in [7, 11) is 1.65. The largest absolute Gasteiger partial charge is 0.497 e. The van der Waals surface area contributed by atoms with E-state index >= 15 is 0 Å². The van der Waals surface area contributed by atoms with Crippen LogP contribution in [0.2, 0.25) is 0 Å². The molecule has 29 heavy (non-hydrogen) atoms. The van der Waals surface area contributed by atoms with Gasteiger partial charge in [0.1, 0.15) is 22.6 Å². The fourth-order valence-electron chi connectivity index (χ4n) is 4.13. The zero-order valence-corrected chi connectivity index (χ0v) is 17.8. The van der Waals surface area contributed by atoms with E-state index in [0.717, 1.165) is 35.8 Å². The van der Waals surface area contributed by atoms with Crippen LogP contribution < -0.4 is 14.8 Å². The second kappa shape index (κ2) is 9.09. The van der Waals surface area contributed by atoms with Gasteiger partial charge >= 0.3 is 0 Å². The lowest BCUT2D eigenvalue weighted by molar-refractivity contribution is -0.130. The van der Waals surface area contributed by atoms with Crippen LogP contribution in [0.25, 0.3) is 0 Å². The Balaban J connectivity index is 1.51. The van der Waals surface area contributed by atoms with Gasteiger partial charge in [-0.1, -0.05) is 18.6 Å². The minimum atomic E-state index is 0.0284. The lowest BCUT2D eigenvalue weighted by Crippen LogP contribution is -2.51. The molecule has 4 rings (SSSR count). The van der Waals surface area contributed by atoms with Crippen molar-refractivity contribution in [1.82, 2.24) is 10.2 Å². The van der Waals surface area contributed by atoms with Crippen LogP contribution in [0.4, 0.5) is 0 Å². The van der Waals surface area contributed by atoms with Crippen molar-refractivity contribution in [2.75, 3.05) is 19.4 Å². The normalized spacial score (nSPS) is 23.1. The maximum absolute atomic E-state index is 12.7. The van der Waals surface area contributed by atoms with Crippen LogP contribution >= 0.6 is 11.8 Å². The van der Waals surface area contributed by atoms with Gasteiger partial charge in [0.05, 0.1) is 12.9 Å². The standard InChI is InChI=1S/C23H28N2O3S/c1-16(21-8-3-4-13-24-21)25-22(26)15-29-23(25)17-6-5-7-20(14-17)28-19-11-9-18(27-2)10-12-19/h5-7,9-12,14,16,21,23-24H,3-4,8,13,15H2,1-2H3. The lowest BCUT2D eigenvalue weighted by Gasteiger charge is -2.38. The Hall–Kier alpha value is -2.18. The minimum absolute atomic E-state index is 0.0284. The van der Waals surface area contributed by atoms with E-state index < -0.39 is 0 Å². The molecular weight excluding hydrogens is 384 g/mol. The first-order chi connectivity index (χ1) is 14.2. The SMILES string of the molecule is COc1ccc(Oc2cccc(C3SCC(=O)N3C(C)C3CCCCN3)c2)cc1. The molecule has 6 heteroatoms. The predicted octanol–water partition coefficient (Wildman–Crippen LogP) is 4.59. The van der Waals surface area contributed by atoms with Gasteiger partial charge < -0.3 is 19.7 Å². The molecule has 5 nitrogen and oxygen atoms in total. The highest BCUT2D eigenvalue weighted by Gasteiger charge is 2.39. The molecular formula is C23H28N2O3S. The molecule has 1 N–H and O–H groups in total. The van der Waals surface area contributed by atoms with Gasteiger partial charge in [0, 0.05) is 12.1 Å². The van der Waals surface area contributed by atoms with Gasteiger partial charge in [-0.15, -0.1) is 11.8 Å². The zero-order chi connectivity index (χ0) is 20.2. The summed E-state index contributed by atoms with van der Waals surface area (Å²) in [5.41, 5.74) is 1.11. The first-order valence-electron chi connectivity index (χ1n) is 10.2. The van der Waals surface area contributed by atoms with E-state index in [9.17, 15) is 4.79 Å². The predicted molar refractivity (Wildman–Crippen MR) is 117 cm³/mol. The molecule has 2 aromatic rings. The number of ether oxygens (including phenoxy) is 2. The second-order valence-electron chi connectivity index (χ2n) is 7.61. The molecule has 0 bridgehead atoms. The smallest absolute Gasteiger partial charge is 0.234 e. The summed E-state index contributed by atoms with van der Waals surface area (Å²) in [6.45, 7) is 3.22. The Morgan fingerprint density at radius 2 is 1.90 bits per heavy atom. The Labute approximate surface area is 176 Å². The number of nitrogens with one attached hydrogen (secondary N) is 1. The topological polar surface area (TPSA) is 50.8 Å². The number of amides is 1. The maximum atomic E-state index is 12.7.